The first kappa shape index (κ1) is 10.1. The molecule has 4 heteroatoms. The van der Waals surface area contributed by atoms with Gasteiger partial charge in [-0.25, -0.2) is 4.79 Å². The van der Waals surface area contributed by atoms with Crippen LogP contribution in [-0.4, -0.2) is 30.8 Å². The second kappa shape index (κ2) is 4.28. The minimum atomic E-state index is -0.195. The van der Waals surface area contributed by atoms with Crippen molar-refractivity contribution in [1.29, 1.82) is 0 Å². The fourth-order valence-corrected chi connectivity index (χ4v) is 1.06. The highest BCUT2D eigenvalue weighted by Gasteiger charge is 2.41. The summed E-state index contributed by atoms with van der Waals surface area (Å²) in [5.41, 5.74) is -0.0223. The third-order valence-corrected chi connectivity index (χ3v) is 2.32. The quantitative estimate of drug-likeness (QED) is 0.536. The smallest absolute Gasteiger partial charge is 0.315 e. The van der Waals surface area contributed by atoms with Gasteiger partial charge in [0.05, 0.1) is 6.61 Å². The highest BCUT2D eigenvalue weighted by atomic mass is 16.3. The van der Waals surface area contributed by atoms with E-state index >= 15 is 0 Å². The van der Waals surface area contributed by atoms with Crippen molar-refractivity contribution in [2.24, 2.45) is 5.41 Å². The van der Waals surface area contributed by atoms with Gasteiger partial charge in [0, 0.05) is 18.5 Å². The summed E-state index contributed by atoms with van der Waals surface area (Å²) < 4.78 is 0. The number of aliphatic hydroxyl groups is 1. The van der Waals surface area contributed by atoms with Crippen LogP contribution >= 0.6 is 0 Å². The van der Waals surface area contributed by atoms with E-state index in [0.29, 0.717) is 13.1 Å². The Bertz CT molecular complexity index is 200. The Hall–Kier alpha value is -1.03. The van der Waals surface area contributed by atoms with E-state index in [1.54, 1.807) is 6.08 Å². The molecule has 0 saturated heterocycles. The minimum Gasteiger partial charge on any atom is -0.396 e. The van der Waals surface area contributed by atoms with E-state index in [0.717, 1.165) is 12.8 Å². The van der Waals surface area contributed by atoms with E-state index < -0.39 is 0 Å². The molecule has 1 saturated carbocycles. The van der Waals surface area contributed by atoms with Crippen LogP contribution in [0.25, 0.3) is 0 Å². The van der Waals surface area contributed by atoms with Crippen LogP contribution in [0, 0.1) is 5.41 Å². The fraction of sp³-hybridized carbons (Fsp3) is 0.667. The molecular formula is C9H16N2O2. The summed E-state index contributed by atoms with van der Waals surface area (Å²) in [6.45, 7) is 4.68. The predicted octanol–water partition coefficient (Wildman–Crippen LogP) is 0.244. The van der Waals surface area contributed by atoms with Gasteiger partial charge in [-0.3, -0.25) is 0 Å². The van der Waals surface area contributed by atoms with Gasteiger partial charge in [0.2, 0.25) is 0 Å². The normalized spacial score (nSPS) is 17.6. The number of nitrogens with one attached hydrogen (secondary N) is 2. The molecule has 0 atom stereocenters. The highest BCUT2D eigenvalue weighted by Crippen LogP contribution is 2.44. The average Bonchev–Trinajstić information content (AvgIpc) is 2.92. The standard InChI is InChI=1S/C9H16N2O2/c1-2-5-10-8(13)11-6-9(7-12)3-4-9/h2,12H,1,3-7H2,(H2,10,11,13). The molecule has 1 aliphatic carbocycles. The molecule has 0 unspecified atom stereocenters. The summed E-state index contributed by atoms with van der Waals surface area (Å²) in [6, 6.07) is -0.195. The zero-order chi connectivity index (χ0) is 9.73. The zero-order valence-corrected chi connectivity index (χ0v) is 7.68. The lowest BCUT2D eigenvalue weighted by Gasteiger charge is -2.12. The van der Waals surface area contributed by atoms with Gasteiger partial charge in [-0.05, 0) is 12.8 Å². The van der Waals surface area contributed by atoms with E-state index in [-0.39, 0.29) is 18.1 Å². The number of hydrogen-bond acceptors (Lipinski definition) is 2. The molecule has 74 valence electrons. The van der Waals surface area contributed by atoms with Gasteiger partial charge in [-0.15, -0.1) is 6.58 Å². The van der Waals surface area contributed by atoms with Crippen molar-refractivity contribution in [2.75, 3.05) is 19.7 Å². The van der Waals surface area contributed by atoms with Crippen molar-refractivity contribution in [3.63, 3.8) is 0 Å². The number of carbonyl (C=O) groups is 1. The lowest BCUT2D eigenvalue weighted by atomic mass is 10.1. The molecule has 0 heterocycles. The second-order valence-corrected chi connectivity index (χ2v) is 3.51. The SMILES string of the molecule is C=CCNC(=O)NCC1(CO)CC1. The van der Waals surface area contributed by atoms with Gasteiger partial charge < -0.3 is 15.7 Å². The topological polar surface area (TPSA) is 61.4 Å². The summed E-state index contributed by atoms with van der Waals surface area (Å²) in [4.78, 5) is 11.0. The number of aliphatic hydroxyl groups excluding tert-OH is 1. The third kappa shape index (κ3) is 3.06. The maximum atomic E-state index is 11.0. The van der Waals surface area contributed by atoms with Crippen molar-refractivity contribution in [2.45, 2.75) is 12.8 Å². The molecule has 0 aromatic carbocycles. The van der Waals surface area contributed by atoms with Crippen LogP contribution < -0.4 is 10.6 Å². The van der Waals surface area contributed by atoms with Gasteiger partial charge in [-0.1, -0.05) is 6.08 Å². The molecule has 3 N–H and O–H groups in total. The van der Waals surface area contributed by atoms with Gasteiger partial charge in [-0.2, -0.15) is 0 Å². The fourth-order valence-electron chi connectivity index (χ4n) is 1.06. The van der Waals surface area contributed by atoms with Crippen molar-refractivity contribution in [3.8, 4) is 0 Å². The van der Waals surface area contributed by atoms with Crippen molar-refractivity contribution >= 4 is 6.03 Å². The van der Waals surface area contributed by atoms with E-state index in [4.69, 9.17) is 5.11 Å². The second-order valence-electron chi connectivity index (χ2n) is 3.51. The Labute approximate surface area is 78.0 Å². The Morgan fingerprint density at radius 3 is 2.69 bits per heavy atom. The zero-order valence-electron chi connectivity index (χ0n) is 7.68. The van der Waals surface area contributed by atoms with Crippen LogP contribution in [0.2, 0.25) is 0 Å². The Morgan fingerprint density at radius 2 is 2.23 bits per heavy atom. The summed E-state index contributed by atoms with van der Waals surface area (Å²) in [5, 5.41) is 14.3. The molecule has 0 spiro atoms. The van der Waals surface area contributed by atoms with Crippen molar-refractivity contribution in [3.05, 3.63) is 12.7 Å². The molecule has 4 nitrogen and oxygen atoms in total. The number of carbonyl (C=O) groups excluding carboxylic acids is 1. The maximum Gasteiger partial charge on any atom is 0.315 e. The molecule has 0 aliphatic heterocycles. The largest absolute Gasteiger partial charge is 0.396 e. The summed E-state index contributed by atoms with van der Waals surface area (Å²) in [7, 11) is 0. The Morgan fingerprint density at radius 1 is 1.54 bits per heavy atom. The maximum absolute atomic E-state index is 11.0. The molecule has 1 rings (SSSR count). The van der Waals surface area contributed by atoms with Crippen LogP contribution in [0.5, 0.6) is 0 Å². The molecule has 0 bridgehead atoms. The molecular weight excluding hydrogens is 168 g/mol. The van der Waals surface area contributed by atoms with Crippen LogP contribution in [-0.2, 0) is 0 Å². The number of rotatable bonds is 5. The first-order chi connectivity index (χ1) is 6.22. The minimum absolute atomic E-state index is 0.0223. The molecule has 13 heavy (non-hydrogen) atoms. The van der Waals surface area contributed by atoms with E-state index in [2.05, 4.69) is 17.2 Å². The molecule has 2 amide bonds. The molecule has 0 radical (unpaired) electrons. The van der Waals surface area contributed by atoms with Crippen LogP contribution in [0.1, 0.15) is 12.8 Å². The van der Waals surface area contributed by atoms with Gasteiger partial charge in [0.1, 0.15) is 0 Å². The van der Waals surface area contributed by atoms with Crippen LogP contribution in [0.15, 0.2) is 12.7 Å². The third-order valence-electron chi connectivity index (χ3n) is 2.32. The lowest BCUT2D eigenvalue weighted by molar-refractivity contribution is 0.203. The summed E-state index contributed by atoms with van der Waals surface area (Å²) in [5.74, 6) is 0. The number of urea groups is 1. The highest BCUT2D eigenvalue weighted by molar-refractivity contribution is 5.74. The Balaban J connectivity index is 2.11. The van der Waals surface area contributed by atoms with Gasteiger partial charge in [0.15, 0.2) is 0 Å². The van der Waals surface area contributed by atoms with Crippen LogP contribution in [0.3, 0.4) is 0 Å². The van der Waals surface area contributed by atoms with E-state index in [1.165, 1.54) is 0 Å². The average molecular weight is 184 g/mol. The number of hydrogen-bond donors (Lipinski definition) is 3. The summed E-state index contributed by atoms with van der Waals surface area (Å²) in [6.07, 6.45) is 3.63. The number of amides is 2. The monoisotopic (exact) mass is 184 g/mol. The predicted molar refractivity (Wildman–Crippen MR) is 50.4 cm³/mol. The molecule has 0 aromatic rings. The van der Waals surface area contributed by atoms with Crippen molar-refractivity contribution in [1.82, 2.24) is 10.6 Å². The molecule has 0 aromatic heterocycles. The first-order valence-corrected chi connectivity index (χ1v) is 4.46. The molecule has 1 aliphatic rings. The van der Waals surface area contributed by atoms with Crippen LogP contribution in [0.4, 0.5) is 4.79 Å². The van der Waals surface area contributed by atoms with E-state index in [9.17, 15) is 4.79 Å². The molecule has 1 fully saturated rings. The lowest BCUT2D eigenvalue weighted by Crippen LogP contribution is -2.39. The summed E-state index contributed by atoms with van der Waals surface area (Å²) >= 11 is 0. The van der Waals surface area contributed by atoms with Gasteiger partial charge in [0.25, 0.3) is 0 Å². The van der Waals surface area contributed by atoms with Gasteiger partial charge >= 0.3 is 6.03 Å². The van der Waals surface area contributed by atoms with E-state index in [1.807, 2.05) is 0 Å². The van der Waals surface area contributed by atoms with Crippen molar-refractivity contribution < 1.29 is 9.90 Å². The first-order valence-electron chi connectivity index (χ1n) is 4.46. The Kier molecular flexibility index (Phi) is 3.31.